The first-order valence-electron chi connectivity index (χ1n) is 7.85. The topological polar surface area (TPSA) is 68.1 Å². The van der Waals surface area contributed by atoms with E-state index in [9.17, 15) is 8.42 Å². The normalized spacial score (nSPS) is 20.2. The second-order valence-corrected chi connectivity index (χ2v) is 9.39. The molecule has 0 N–H and O–H groups in total. The summed E-state index contributed by atoms with van der Waals surface area (Å²) in [6.07, 6.45) is 5.58. The lowest BCUT2D eigenvalue weighted by atomic mass is 9.99. The number of sulfonamides is 1. The molecular formula is C15H22N4O2S2. The van der Waals surface area contributed by atoms with Crippen LogP contribution in [0, 0.1) is 0 Å². The highest BCUT2D eigenvalue weighted by Gasteiger charge is 2.33. The lowest BCUT2D eigenvalue weighted by Crippen LogP contribution is -2.42. The van der Waals surface area contributed by atoms with Gasteiger partial charge in [-0.2, -0.15) is 0 Å². The fraction of sp³-hybridized carbons (Fsp3) is 0.600. The molecule has 0 bridgehead atoms. The summed E-state index contributed by atoms with van der Waals surface area (Å²) in [4.78, 5) is 8.82. The molecule has 0 unspecified atom stereocenters. The van der Waals surface area contributed by atoms with Crippen LogP contribution in [0.2, 0.25) is 0 Å². The summed E-state index contributed by atoms with van der Waals surface area (Å²) in [5.74, 6) is 1.10. The van der Waals surface area contributed by atoms with Crippen molar-refractivity contribution >= 4 is 21.4 Å². The Labute approximate surface area is 141 Å². The molecule has 2 aromatic rings. The molecule has 0 aromatic carbocycles. The van der Waals surface area contributed by atoms with Crippen molar-refractivity contribution in [2.24, 2.45) is 0 Å². The molecule has 0 aliphatic carbocycles. The molecule has 1 fully saturated rings. The minimum absolute atomic E-state index is 0.144. The monoisotopic (exact) mass is 354 g/mol. The van der Waals surface area contributed by atoms with E-state index in [-0.39, 0.29) is 11.2 Å². The van der Waals surface area contributed by atoms with Gasteiger partial charge in [-0.1, -0.05) is 0 Å². The van der Waals surface area contributed by atoms with Crippen molar-refractivity contribution in [2.75, 3.05) is 13.1 Å². The molecule has 6 nitrogen and oxygen atoms in total. The Morgan fingerprint density at radius 3 is 2.91 bits per heavy atom. The first kappa shape index (κ1) is 16.6. The number of imidazole rings is 1. The molecule has 1 saturated heterocycles. The Bertz CT molecular complexity index is 737. The summed E-state index contributed by atoms with van der Waals surface area (Å²) in [6, 6.07) is 0. The minimum Gasteiger partial charge on any atom is -0.329 e. The summed E-state index contributed by atoms with van der Waals surface area (Å²) in [5, 5.41) is 1.65. The zero-order valence-corrected chi connectivity index (χ0v) is 15.1. The van der Waals surface area contributed by atoms with Gasteiger partial charge >= 0.3 is 0 Å². The zero-order valence-electron chi connectivity index (χ0n) is 13.4. The van der Waals surface area contributed by atoms with E-state index < -0.39 is 10.0 Å². The van der Waals surface area contributed by atoms with Crippen molar-refractivity contribution in [3.8, 4) is 0 Å². The molecule has 0 radical (unpaired) electrons. The van der Waals surface area contributed by atoms with Gasteiger partial charge in [-0.05, 0) is 26.7 Å². The van der Waals surface area contributed by atoms with E-state index in [4.69, 9.17) is 0 Å². The molecule has 126 valence electrons. The van der Waals surface area contributed by atoms with Crippen LogP contribution in [0.25, 0.3) is 0 Å². The summed E-state index contributed by atoms with van der Waals surface area (Å²) >= 11 is 1.58. The van der Waals surface area contributed by atoms with E-state index in [1.54, 1.807) is 35.7 Å². The molecule has 1 atom stereocenters. The van der Waals surface area contributed by atoms with Crippen molar-refractivity contribution in [3.05, 3.63) is 34.8 Å². The van der Waals surface area contributed by atoms with Gasteiger partial charge in [0.1, 0.15) is 5.82 Å². The highest BCUT2D eigenvalue weighted by atomic mass is 32.2. The van der Waals surface area contributed by atoms with Gasteiger partial charge in [-0.3, -0.25) is 0 Å². The SMILES string of the molecule is CC(C)S(=O)(=O)N1CCC[C@H](c2nccn2Cc2cscn2)C1. The molecule has 2 aromatic heterocycles. The minimum atomic E-state index is -3.20. The average Bonchev–Trinajstić information content (AvgIpc) is 3.19. The Kier molecular flexibility index (Phi) is 4.84. The van der Waals surface area contributed by atoms with Crippen LogP contribution in [0.1, 0.15) is 44.1 Å². The third-order valence-electron chi connectivity index (χ3n) is 4.27. The third-order valence-corrected chi connectivity index (χ3v) is 7.15. The van der Waals surface area contributed by atoms with E-state index in [0.29, 0.717) is 19.6 Å². The molecule has 0 saturated carbocycles. The number of rotatable bonds is 5. The van der Waals surface area contributed by atoms with Crippen molar-refractivity contribution in [3.63, 3.8) is 0 Å². The molecule has 8 heteroatoms. The maximum absolute atomic E-state index is 12.4. The molecule has 1 aliphatic heterocycles. The lowest BCUT2D eigenvalue weighted by molar-refractivity contribution is 0.303. The van der Waals surface area contributed by atoms with Crippen molar-refractivity contribution < 1.29 is 8.42 Å². The fourth-order valence-electron chi connectivity index (χ4n) is 2.99. The highest BCUT2D eigenvalue weighted by Crippen LogP contribution is 2.28. The Morgan fingerprint density at radius 2 is 2.22 bits per heavy atom. The molecule has 0 spiro atoms. The van der Waals surface area contributed by atoms with Crippen molar-refractivity contribution in [1.29, 1.82) is 0 Å². The van der Waals surface area contributed by atoms with Crippen LogP contribution in [0.5, 0.6) is 0 Å². The third kappa shape index (κ3) is 3.49. The van der Waals surface area contributed by atoms with Gasteiger partial charge in [0.2, 0.25) is 10.0 Å². The second kappa shape index (κ2) is 6.70. The standard InChI is InChI=1S/C15H22N4O2S2/c1-12(2)23(20,21)19-6-3-4-13(8-19)15-16-5-7-18(15)9-14-10-22-11-17-14/h5,7,10-13H,3-4,6,8-9H2,1-2H3/t13-/m0/s1. The number of thiazole rings is 1. The number of piperidine rings is 1. The van der Waals surface area contributed by atoms with Crippen LogP contribution in [-0.2, 0) is 16.6 Å². The van der Waals surface area contributed by atoms with Crippen molar-refractivity contribution in [1.82, 2.24) is 18.8 Å². The highest BCUT2D eigenvalue weighted by molar-refractivity contribution is 7.89. The van der Waals surface area contributed by atoms with Gasteiger partial charge in [0.25, 0.3) is 0 Å². The van der Waals surface area contributed by atoms with Gasteiger partial charge in [0, 0.05) is 36.8 Å². The molecular weight excluding hydrogens is 332 g/mol. The largest absolute Gasteiger partial charge is 0.329 e. The average molecular weight is 355 g/mol. The van der Waals surface area contributed by atoms with E-state index in [0.717, 1.165) is 24.4 Å². The Hall–Kier alpha value is -1.25. The predicted octanol–water partition coefficient (Wildman–Crippen LogP) is 2.31. The maximum Gasteiger partial charge on any atom is 0.216 e. The predicted molar refractivity (Wildman–Crippen MR) is 91.0 cm³/mol. The van der Waals surface area contributed by atoms with Crippen molar-refractivity contribution in [2.45, 2.75) is 44.4 Å². The Morgan fingerprint density at radius 1 is 1.39 bits per heavy atom. The fourth-order valence-corrected chi connectivity index (χ4v) is 4.90. The lowest BCUT2D eigenvalue weighted by Gasteiger charge is -2.33. The first-order valence-corrected chi connectivity index (χ1v) is 10.3. The van der Waals surface area contributed by atoms with Crippen LogP contribution >= 0.6 is 11.3 Å². The van der Waals surface area contributed by atoms with Crippen LogP contribution in [0.4, 0.5) is 0 Å². The molecule has 3 heterocycles. The van der Waals surface area contributed by atoms with Crippen LogP contribution in [0.15, 0.2) is 23.3 Å². The number of nitrogens with zero attached hydrogens (tertiary/aromatic N) is 4. The quantitative estimate of drug-likeness (QED) is 0.826. The van der Waals surface area contributed by atoms with E-state index in [1.165, 1.54) is 0 Å². The van der Waals surface area contributed by atoms with E-state index in [2.05, 4.69) is 14.5 Å². The zero-order chi connectivity index (χ0) is 16.4. The summed E-state index contributed by atoms with van der Waals surface area (Å²) in [6.45, 7) is 5.30. The molecule has 1 aliphatic rings. The first-order chi connectivity index (χ1) is 11.0. The van der Waals surface area contributed by atoms with Gasteiger partial charge in [0.05, 0.1) is 23.0 Å². The number of hydrogen-bond donors (Lipinski definition) is 0. The van der Waals surface area contributed by atoms with E-state index >= 15 is 0 Å². The molecule has 3 rings (SSSR count). The number of hydrogen-bond acceptors (Lipinski definition) is 5. The van der Waals surface area contributed by atoms with Gasteiger partial charge in [0.15, 0.2) is 0 Å². The smallest absolute Gasteiger partial charge is 0.216 e. The van der Waals surface area contributed by atoms with Gasteiger partial charge in [-0.15, -0.1) is 11.3 Å². The maximum atomic E-state index is 12.4. The van der Waals surface area contributed by atoms with E-state index in [1.807, 2.05) is 17.1 Å². The van der Waals surface area contributed by atoms with Crippen LogP contribution < -0.4 is 0 Å². The summed E-state index contributed by atoms with van der Waals surface area (Å²) < 4.78 is 28.6. The number of aromatic nitrogens is 3. The molecule has 23 heavy (non-hydrogen) atoms. The summed E-state index contributed by atoms with van der Waals surface area (Å²) in [5.41, 5.74) is 2.83. The Balaban J connectivity index is 1.78. The molecule has 0 amide bonds. The second-order valence-electron chi connectivity index (χ2n) is 6.18. The van der Waals surface area contributed by atoms with Crippen LogP contribution in [-0.4, -0.2) is 45.6 Å². The van der Waals surface area contributed by atoms with Gasteiger partial charge in [-0.25, -0.2) is 22.7 Å². The van der Waals surface area contributed by atoms with Gasteiger partial charge < -0.3 is 4.57 Å². The van der Waals surface area contributed by atoms with Crippen LogP contribution in [0.3, 0.4) is 0 Å². The summed E-state index contributed by atoms with van der Waals surface area (Å²) in [7, 11) is -3.20.